The second kappa shape index (κ2) is 3.56. The summed E-state index contributed by atoms with van der Waals surface area (Å²) < 4.78 is 17.9. The Morgan fingerprint density at radius 1 is 1.31 bits per heavy atom. The summed E-state index contributed by atoms with van der Waals surface area (Å²) in [5.74, 6) is -0.259. The van der Waals surface area contributed by atoms with Crippen LogP contribution in [0.4, 0.5) is 4.39 Å². The molecule has 0 radical (unpaired) electrons. The van der Waals surface area contributed by atoms with Gasteiger partial charge in [0.15, 0.2) is 0 Å². The highest BCUT2D eigenvalue weighted by atomic mass is 19.1. The Morgan fingerprint density at radius 2 is 1.77 bits per heavy atom. The molecule has 0 saturated carbocycles. The summed E-state index contributed by atoms with van der Waals surface area (Å²) in [5, 5.41) is 0. The van der Waals surface area contributed by atoms with Gasteiger partial charge in [-0.3, -0.25) is 4.79 Å². The van der Waals surface area contributed by atoms with Crippen molar-refractivity contribution < 1.29 is 13.9 Å². The lowest BCUT2D eigenvalue weighted by Gasteiger charge is -2.05. The Bertz CT molecular complexity index is 322. The molecule has 0 aliphatic heterocycles. The number of carbonyl (C=O) groups is 1. The van der Waals surface area contributed by atoms with Gasteiger partial charge in [-0.05, 0) is 37.1 Å². The lowest BCUT2D eigenvalue weighted by Crippen LogP contribution is -2.02. The van der Waals surface area contributed by atoms with E-state index in [2.05, 4.69) is 0 Å². The quantitative estimate of drug-likeness (QED) is 0.492. The molecule has 0 fully saturated rings. The second-order valence-corrected chi connectivity index (χ2v) is 2.96. The number of esters is 1. The topological polar surface area (TPSA) is 26.3 Å². The molecule has 0 aliphatic carbocycles. The first-order valence-electron chi connectivity index (χ1n) is 3.96. The normalized spacial score (nSPS) is 9.85. The highest BCUT2D eigenvalue weighted by Gasteiger charge is 2.05. The summed E-state index contributed by atoms with van der Waals surface area (Å²) in [6.45, 7) is 4.58. The summed E-state index contributed by atoms with van der Waals surface area (Å²) in [4.78, 5) is 10.6. The minimum atomic E-state index is -0.398. The van der Waals surface area contributed by atoms with Crippen molar-refractivity contribution in [2.45, 2.75) is 20.8 Å². The predicted molar refractivity (Wildman–Crippen MR) is 47.2 cm³/mol. The Kier molecular flexibility index (Phi) is 2.66. The third-order valence-corrected chi connectivity index (χ3v) is 1.67. The molecule has 0 saturated heterocycles. The van der Waals surface area contributed by atoms with E-state index in [1.54, 1.807) is 13.8 Å². The number of hydrogen-bond donors (Lipinski definition) is 0. The van der Waals surface area contributed by atoms with Crippen molar-refractivity contribution in [1.82, 2.24) is 0 Å². The maximum absolute atomic E-state index is 13.1. The zero-order chi connectivity index (χ0) is 10.0. The van der Waals surface area contributed by atoms with Crippen molar-refractivity contribution in [1.29, 1.82) is 0 Å². The van der Waals surface area contributed by atoms with Crippen molar-refractivity contribution in [2.24, 2.45) is 0 Å². The maximum Gasteiger partial charge on any atom is 0.308 e. The number of rotatable bonds is 1. The molecule has 3 heteroatoms. The van der Waals surface area contributed by atoms with E-state index in [0.29, 0.717) is 16.9 Å². The van der Waals surface area contributed by atoms with Gasteiger partial charge < -0.3 is 4.74 Å². The van der Waals surface area contributed by atoms with Crippen LogP contribution in [0.15, 0.2) is 12.1 Å². The molecule has 0 spiro atoms. The van der Waals surface area contributed by atoms with Gasteiger partial charge in [-0.1, -0.05) is 0 Å². The number of halogens is 1. The van der Waals surface area contributed by atoms with E-state index in [-0.39, 0.29) is 5.82 Å². The third kappa shape index (κ3) is 2.28. The molecule has 1 aromatic carbocycles. The van der Waals surface area contributed by atoms with E-state index in [4.69, 9.17) is 4.74 Å². The van der Waals surface area contributed by atoms with Gasteiger partial charge in [-0.15, -0.1) is 0 Å². The van der Waals surface area contributed by atoms with Crippen LogP contribution in [0, 0.1) is 19.7 Å². The van der Waals surface area contributed by atoms with Crippen molar-refractivity contribution in [3.63, 3.8) is 0 Å². The highest BCUT2D eigenvalue weighted by molar-refractivity contribution is 5.69. The Balaban J connectivity index is 3.06. The fourth-order valence-corrected chi connectivity index (χ4v) is 1.13. The molecule has 1 aromatic rings. The summed E-state index contributed by atoms with van der Waals surface area (Å²) >= 11 is 0. The summed E-state index contributed by atoms with van der Waals surface area (Å²) in [7, 11) is 0. The number of hydrogen-bond acceptors (Lipinski definition) is 2. The van der Waals surface area contributed by atoms with Crippen molar-refractivity contribution >= 4 is 5.97 Å². The fourth-order valence-electron chi connectivity index (χ4n) is 1.13. The zero-order valence-electron chi connectivity index (χ0n) is 7.85. The lowest BCUT2D eigenvalue weighted by molar-refractivity contribution is -0.131. The molecule has 13 heavy (non-hydrogen) atoms. The average molecular weight is 182 g/mol. The van der Waals surface area contributed by atoms with Crippen LogP contribution in [0.3, 0.4) is 0 Å². The molecule has 0 heterocycles. The minimum Gasteiger partial charge on any atom is -0.427 e. The molecular formula is C10H11FO2. The van der Waals surface area contributed by atoms with Gasteiger partial charge >= 0.3 is 5.97 Å². The molecule has 1 rings (SSSR count). The Labute approximate surface area is 76.3 Å². The van der Waals surface area contributed by atoms with Gasteiger partial charge in [0.1, 0.15) is 11.6 Å². The van der Waals surface area contributed by atoms with Crippen molar-refractivity contribution in [2.75, 3.05) is 0 Å². The summed E-state index contributed by atoms with van der Waals surface area (Å²) in [6.07, 6.45) is 0. The van der Waals surface area contributed by atoms with Crippen LogP contribution < -0.4 is 4.74 Å². The van der Waals surface area contributed by atoms with Crippen molar-refractivity contribution in [3.05, 3.63) is 29.1 Å². The number of aryl methyl sites for hydroxylation is 2. The van der Waals surface area contributed by atoms with Gasteiger partial charge in [0.2, 0.25) is 0 Å². The van der Waals surface area contributed by atoms with Crippen LogP contribution in [0.2, 0.25) is 0 Å². The molecule has 0 N–H and O–H groups in total. The Morgan fingerprint density at radius 3 is 2.15 bits per heavy atom. The second-order valence-electron chi connectivity index (χ2n) is 2.96. The first-order valence-corrected chi connectivity index (χ1v) is 3.96. The monoisotopic (exact) mass is 182 g/mol. The molecule has 0 unspecified atom stereocenters. The van der Waals surface area contributed by atoms with E-state index < -0.39 is 5.97 Å². The third-order valence-electron chi connectivity index (χ3n) is 1.67. The zero-order valence-corrected chi connectivity index (χ0v) is 7.85. The van der Waals surface area contributed by atoms with Gasteiger partial charge in [0.25, 0.3) is 0 Å². The van der Waals surface area contributed by atoms with E-state index in [0.717, 1.165) is 0 Å². The van der Waals surface area contributed by atoms with E-state index in [1.807, 2.05) is 0 Å². The molecule has 0 aliphatic rings. The first-order chi connectivity index (χ1) is 6.00. The standard InChI is InChI=1S/C10H11FO2/c1-6-4-9(13-8(3)12)5-7(2)10(6)11/h4-5H,1-3H3. The Hall–Kier alpha value is -1.38. The van der Waals surface area contributed by atoms with E-state index >= 15 is 0 Å². The molecule has 0 amide bonds. The molecule has 0 atom stereocenters. The highest BCUT2D eigenvalue weighted by Crippen LogP contribution is 2.20. The minimum absolute atomic E-state index is 0.254. The summed E-state index contributed by atoms with van der Waals surface area (Å²) in [6, 6.07) is 3.01. The smallest absolute Gasteiger partial charge is 0.308 e. The largest absolute Gasteiger partial charge is 0.427 e. The maximum atomic E-state index is 13.1. The predicted octanol–water partition coefficient (Wildman–Crippen LogP) is 2.37. The van der Waals surface area contributed by atoms with Crippen LogP contribution in [0.1, 0.15) is 18.1 Å². The van der Waals surface area contributed by atoms with Crippen LogP contribution >= 0.6 is 0 Å². The molecule has 2 nitrogen and oxygen atoms in total. The van der Waals surface area contributed by atoms with Crippen LogP contribution in [-0.4, -0.2) is 5.97 Å². The van der Waals surface area contributed by atoms with Gasteiger partial charge in [0, 0.05) is 6.92 Å². The molecule has 0 bridgehead atoms. The van der Waals surface area contributed by atoms with Gasteiger partial charge in [-0.25, -0.2) is 4.39 Å². The number of carbonyl (C=O) groups excluding carboxylic acids is 1. The molecular weight excluding hydrogens is 171 g/mol. The van der Waals surface area contributed by atoms with E-state index in [9.17, 15) is 9.18 Å². The van der Waals surface area contributed by atoms with Crippen LogP contribution in [0.5, 0.6) is 5.75 Å². The first kappa shape index (κ1) is 9.71. The lowest BCUT2D eigenvalue weighted by atomic mass is 10.1. The SMILES string of the molecule is CC(=O)Oc1cc(C)c(F)c(C)c1. The number of benzene rings is 1. The molecule has 70 valence electrons. The fraction of sp³-hybridized carbons (Fsp3) is 0.300. The molecule has 0 aromatic heterocycles. The van der Waals surface area contributed by atoms with E-state index in [1.165, 1.54) is 19.1 Å². The van der Waals surface area contributed by atoms with Crippen molar-refractivity contribution in [3.8, 4) is 5.75 Å². The average Bonchev–Trinajstić information content (AvgIpc) is 1.98. The number of ether oxygens (including phenoxy) is 1. The van der Waals surface area contributed by atoms with Gasteiger partial charge in [0.05, 0.1) is 0 Å². The van der Waals surface area contributed by atoms with Crippen LogP contribution in [0.25, 0.3) is 0 Å². The van der Waals surface area contributed by atoms with Crippen LogP contribution in [-0.2, 0) is 4.79 Å². The summed E-state index contributed by atoms with van der Waals surface area (Å²) in [5.41, 5.74) is 0.965. The van der Waals surface area contributed by atoms with Gasteiger partial charge in [-0.2, -0.15) is 0 Å².